The summed E-state index contributed by atoms with van der Waals surface area (Å²) in [5.41, 5.74) is -0.737. The molecule has 1 aliphatic carbocycles. The third-order valence-electron chi connectivity index (χ3n) is 2.07. The summed E-state index contributed by atoms with van der Waals surface area (Å²) in [4.78, 5) is 20.4. The second-order valence-electron chi connectivity index (χ2n) is 3.01. The van der Waals surface area contributed by atoms with Crippen LogP contribution in [0.4, 0.5) is 0 Å². The molecule has 0 aromatic heterocycles. The van der Waals surface area contributed by atoms with E-state index in [0.29, 0.717) is 0 Å². The first-order valence-corrected chi connectivity index (χ1v) is 4.11. The van der Waals surface area contributed by atoms with Crippen molar-refractivity contribution in [2.75, 3.05) is 0 Å². The van der Waals surface area contributed by atoms with E-state index in [1.807, 2.05) is 0 Å². The highest BCUT2D eigenvalue weighted by Gasteiger charge is 2.27. The minimum atomic E-state index is -2.01. The van der Waals surface area contributed by atoms with Gasteiger partial charge < -0.3 is 15.3 Å². The van der Waals surface area contributed by atoms with Gasteiger partial charge in [0.05, 0.1) is 4.92 Å². The number of rotatable bonds is 3. The van der Waals surface area contributed by atoms with Crippen molar-refractivity contribution in [3.63, 3.8) is 0 Å². The zero-order chi connectivity index (χ0) is 11.6. The summed E-state index contributed by atoms with van der Waals surface area (Å²) in [7, 11) is 0. The molecule has 0 amide bonds. The number of aliphatic hydroxyl groups excluding tert-OH is 1. The van der Waals surface area contributed by atoms with Gasteiger partial charge >= 0.3 is 5.97 Å². The Morgan fingerprint density at radius 2 is 2.07 bits per heavy atom. The number of carbonyl (C=O) groups is 1. The minimum absolute atomic E-state index is 0.0230. The number of nitro groups is 1. The highest BCUT2D eigenvalue weighted by atomic mass is 16.6. The van der Waals surface area contributed by atoms with Crippen molar-refractivity contribution in [2.45, 2.75) is 19.1 Å². The van der Waals surface area contributed by atoms with Gasteiger partial charge in [-0.1, -0.05) is 0 Å². The molecular weight excluding hydrogens is 206 g/mol. The van der Waals surface area contributed by atoms with Gasteiger partial charge in [-0.2, -0.15) is 0 Å². The van der Waals surface area contributed by atoms with Crippen LogP contribution >= 0.6 is 0 Å². The quantitative estimate of drug-likeness (QED) is 0.335. The van der Waals surface area contributed by atoms with Gasteiger partial charge in [0, 0.05) is 23.6 Å². The molecule has 15 heavy (non-hydrogen) atoms. The van der Waals surface area contributed by atoms with Crippen LogP contribution in [0.3, 0.4) is 0 Å². The van der Waals surface area contributed by atoms with E-state index in [4.69, 9.17) is 15.3 Å². The van der Waals surface area contributed by atoms with E-state index in [2.05, 4.69) is 0 Å². The molecule has 0 unspecified atom stereocenters. The largest absolute Gasteiger partial charge is 0.478 e. The Balaban J connectivity index is 3.16. The van der Waals surface area contributed by atoms with Gasteiger partial charge in [0.1, 0.15) is 0 Å². The normalized spacial score (nSPS) is 16.6. The maximum absolute atomic E-state index is 10.7. The Bertz CT molecular complexity index is 367. The van der Waals surface area contributed by atoms with Crippen molar-refractivity contribution in [1.82, 2.24) is 0 Å². The molecule has 0 atom stereocenters. The Morgan fingerprint density at radius 3 is 2.47 bits per heavy atom. The van der Waals surface area contributed by atoms with Crippen molar-refractivity contribution in [2.24, 2.45) is 0 Å². The van der Waals surface area contributed by atoms with Gasteiger partial charge in [0.2, 0.25) is 5.70 Å². The predicted molar refractivity (Wildman–Crippen MR) is 47.2 cm³/mol. The molecule has 0 aliphatic heterocycles. The van der Waals surface area contributed by atoms with Crippen LogP contribution in [0.25, 0.3) is 0 Å². The Kier molecular flexibility index (Phi) is 3.17. The first kappa shape index (κ1) is 11.3. The molecule has 82 valence electrons. The molecule has 0 spiro atoms. The number of aliphatic hydroxyl groups is 2. The topological polar surface area (TPSA) is 121 Å². The molecule has 1 aliphatic rings. The molecule has 1 rings (SSSR count). The molecule has 0 aromatic carbocycles. The third-order valence-corrected chi connectivity index (χ3v) is 2.07. The van der Waals surface area contributed by atoms with Crippen LogP contribution in [0.1, 0.15) is 12.8 Å². The summed E-state index contributed by atoms with van der Waals surface area (Å²) in [6, 6.07) is 0. The number of nitrogens with zero attached hydrogens (tertiary/aromatic N) is 1. The highest BCUT2D eigenvalue weighted by molar-refractivity contribution is 5.88. The van der Waals surface area contributed by atoms with E-state index in [-0.39, 0.29) is 29.7 Å². The Hall–Kier alpha value is -1.73. The van der Waals surface area contributed by atoms with E-state index >= 15 is 0 Å². The fourth-order valence-electron chi connectivity index (χ4n) is 1.34. The SMILES string of the molecule is O=C(O)C1=C(C(O)O)C=C([N+](=O)[O-])CC1. The van der Waals surface area contributed by atoms with Crippen LogP contribution in [-0.4, -0.2) is 32.5 Å². The molecule has 0 aromatic rings. The first-order chi connectivity index (χ1) is 6.93. The molecule has 0 saturated carbocycles. The van der Waals surface area contributed by atoms with Gasteiger partial charge in [-0.3, -0.25) is 10.1 Å². The van der Waals surface area contributed by atoms with E-state index < -0.39 is 17.2 Å². The van der Waals surface area contributed by atoms with E-state index in [0.717, 1.165) is 6.08 Å². The number of aliphatic carboxylic acids is 1. The Morgan fingerprint density at radius 1 is 1.47 bits per heavy atom. The lowest BCUT2D eigenvalue weighted by Crippen LogP contribution is -2.19. The van der Waals surface area contributed by atoms with Gasteiger partial charge in [-0.15, -0.1) is 0 Å². The molecule has 0 fully saturated rings. The minimum Gasteiger partial charge on any atom is -0.478 e. The molecule has 7 heteroatoms. The zero-order valence-electron chi connectivity index (χ0n) is 7.58. The summed E-state index contributed by atoms with van der Waals surface area (Å²) in [6.45, 7) is 0. The standard InChI is InChI=1S/C8H9NO6/c10-7(11)5-2-1-4(9(14)15)3-6(5)8(12)13/h3,8,12-13H,1-2H2,(H,10,11). The number of hydrogen-bond donors (Lipinski definition) is 3. The van der Waals surface area contributed by atoms with Crippen LogP contribution in [0.15, 0.2) is 22.9 Å². The molecule has 7 nitrogen and oxygen atoms in total. The summed E-state index contributed by atoms with van der Waals surface area (Å²) in [6.07, 6.45) is -1.20. The average molecular weight is 215 g/mol. The smallest absolute Gasteiger partial charge is 0.332 e. The lowest BCUT2D eigenvalue weighted by atomic mass is 9.95. The van der Waals surface area contributed by atoms with E-state index in [1.54, 1.807) is 0 Å². The summed E-state index contributed by atoms with van der Waals surface area (Å²) in [5.74, 6) is -1.29. The monoisotopic (exact) mass is 215 g/mol. The number of hydrogen-bond acceptors (Lipinski definition) is 5. The second kappa shape index (κ2) is 4.20. The Labute approximate surface area is 84.1 Å². The zero-order valence-corrected chi connectivity index (χ0v) is 7.58. The maximum atomic E-state index is 10.7. The molecule has 0 radical (unpaired) electrons. The van der Waals surface area contributed by atoms with Crippen LogP contribution in [0.5, 0.6) is 0 Å². The fourth-order valence-corrected chi connectivity index (χ4v) is 1.34. The van der Waals surface area contributed by atoms with Gasteiger partial charge in [0.15, 0.2) is 6.29 Å². The van der Waals surface area contributed by atoms with Crippen molar-refractivity contribution < 1.29 is 25.0 Å². The molecule has 0 heterocycles. The van der Waals surface area contributed by atoms with E-state index in [1.165, 1.54) is 0 Å². The number of carboxylic acid groups (broad SMARTS) is 1. The molecular formula is C8H9NO6. The van der Waals surface area contributed by atoms with Crippen molar-refractivity contribution in [3.8, 4) is 0 Å². The summed E-state index contributed by atoms with van der Waals surface area (Å²) in [5, 5.41) is 36.8. The fraction of sp³-hybridized carbons (Fsp3) is 0.375. The van der Waals surface area contributed by atoms with Gasteiger partial charge in [-0.05, 0) is 6.42 Å². The lowest BCUT2D eigenvalue weighted by Gasteiger charge is -2.14. The van der Waals surface area contributed by atoms with E-state index in [9.17, 15) is 14.9 Å². The summed E-state index contributed by atoms with van der Waals surface area (Å²) >= 11 is 0. The first-order valence-electron chi connectivity index (χ1n) is 4.11. The van der Waals surface area contributed by atoms with Crippen LogP contribution in [-0.2, 0) is 4.79 Å². The second-order valence-corrected chi connectivity index (χ2v) is 3.01. The van der Waals surface area contributed by atoms with Crippen molar-refractivity contribution in [3.05, 3.63) is 33.0 Å². The highest BCUT2D eigenvalue weighted by Crippen LogP contribution is 2.25. The van der Waals surface area contributed by atoms with Crippen molar-refractivity contribution >= 4 is 5.97 Å². The van der Waals surface area contributed by atoms with Gasteiger partial charge in [-0.25, -0.2) is 4.79 Å². The number of carboxylic acids is 1. The molecule has 0 saturated heterocycles. The molecule has 3 N–H and O–H groups in total. The predicted octanol–water partition coefficient (Wildman–Crippen LogP) is -0.367. The van der Waals surface area contributed by atoms with Gasteiger partial charge in [0.25, 0.3) is 0 Å². The lowest BCUT2D eigenvalue weighted by molar-refractivity contribution is -0.428. The number of allylic oxidation sites excluding steroid dienone is 1. The van der Waals surface area contributed by atoms with Crippen LogP contribution in [0, 0.1) is 10.1 Å². The average Bonchev–Trinajstić information content (AvgIpc) is 2.16. The van der Waals surface area contributed by atoms with Crippen molar-refractivity contribution in [1.29, 1.82) is 0 Å². The maximum Gasteiger partial charge on any atom is 0.332 e. The van der Waals surface area contributed by atoms with Crippen LogP contribution in [0.2, 0.25) is 0 Å². The molecule has 0 bridgehead atoms. The summed E-state index contributed by atoms with van der Waals surface area (Å²) < 4.78 is 0. The third kappa shape index (κ3) is 2.39. The van der Waals surface area contributed by atoms with Crippen LogP contribution < -0.4 is 0 Å².